The number of hydrogen-bond acceptors (Lipinski definition) is 4. The lowest BCUT2D eigenvalue weighted by Gasteiger charge is -2.33. The number of carbonyl (C=O) groups is 1. The van der Waals surface area contributed by atoms with E-state index >= 15 is 0 Å². The Morgan fingerprint density at radius 1 is 1.21 bits per heavy atom. The summed E-state index contributed by atoms with van der Waals surface area (Å²) in [6, 6.07) is 15.6. The lowest BCUT2D eigenvalue weighted by Crippen LogP contribution is -2.27. The van der Waals surface area contributed by atoms with Crippen LogP contribution in [0.5, 0.6) is 5.75 Å². The van der Waals surface area contributed by atoms with Crippen LogP contribution in [-0.4, -0.2) is 19.2 Å². The largest absolute Gasteiger partial charge is 0.496 e. The van der Waals surface area contributed by atoms with Gasteiger partial charge in [0.2, 0.25) is 0 Å². The van der Waals surface area contributed by atoms with Crippen LogP contribution in [0.15, 0.2) is 53.5 Å². The first-order valence-corrected chi connectivity index (χ1v) is 13.0. The molecule has 4 nitrogen and oxygen atoms in total. The van der Waals surface area contributed by atoms with Gasteiger partial charge in [0, 0.05) is 16.8 Å². The van der Waals surface area contributed by atoms with E-state index in [2.05, 4.69) is 48.7 Å². The van der Waals surface area contributed by atoms with Gasteiger partial charge in [0.25, 0.3) is 5.91 Å². The third-order valence-corrected chi connectivity index (χ3v) is 8.24. The number of ether oxygens (including phenoxy) is 1. The molecule has 0 spiro atoms. The molecule has 1 N–H and O–H groups in total. The molecule has 172 valence electrons. The second-order valence-corrected chi connectivity index (χ2v) is 11.7. The van der Waals surface area contributed by atoms with Crippen LogP contribution in [0.1, 0.15) is 53.6 Å². The lowest BCUT2D eigenvalue weighted by atomic mass is 9.72. The van der Waals surface area contributed by atoms with E-state index in [1.165, 1.54) is 10.4 Å². The summed E-state index contributed by atoms with van der Waals surface area (Å²) in [5.74, 6) is 1.37. The van der Waals surface area contributed by atoms with Crippen LogP contribution >= 0.6 is 33.9 Å². The zero-order chi connectivity index (χ0) is 23.6. The standard InChI is InChI=1S/C27H29IN2O2S/c1-27(2,3)18-11-12-20-23(15-18)33-26(24(20)25(31)30-19-8-6-5-7-9-19)29-16-17-10-13-22(32-4)21(28)14-17/h5-10,13-14,16,18H,11-12,15H2,1-4H3,(H,30,31)/t18-/m1/s1. The average Bonchev–Trinajstić information content (AvgIpc) is 3.15. The Morgan fingerprint density at radius 2 is 1.97 bits per heavy atom. The normalized spacial score (nSPS) is 16.0. The fraction of sp³-hybridized carbons (Fsp3) is 0.333. The minimum atomic E-state index is -0.0793. The molecule has 3 aromatic rings. The molecule has 0 radical (unpaired) electrons. The SMILES string of the molecule is COc1ccc(C=Nc2sc3c(c2C(=O)Nc2ccccc2)CC[C@@H](C(C)(C)C)C3)cc1I. The number of hydrogen-bond donors (Lipinski definition) is 1. The maximum Gasteiger partial charge on any atom is 0.259 e. The third-order valence-electron chi connectivity index (χ3n) is 6.24. The molecular formula is C27H29IN2O2S. The number of aliphatic imine (C=N–C) groups is 1. The molecule has 0 bridgehead atoms. The second-order valence-electron chi connectivity index (χ2n) is 9.46. The quantitative estimate of drug-likeness (QED) is 0.254. The molecule has 0 saturated carbocycles. The Kier molecular flexibility index (Phi) is 7.24. The Hall–Kier alpha value is -2.19. The number of nitrogens with zero attached hydrogens (tertiary/aromatic N) is 1. The highest BCUT2D eigenvalue weighted by atomic mass is 127. The molecule has 6 heteroatoms. The molecule has 1 aliphatic rings. The van der Waals surface area contributed by atoms with Crippen molar-refractivity contribution in [1.29, 1.82) is 0 Å². The van der Waals surface area contributed by atoms with E-state index in [1.54, 1.807) is 18.4 Å². The van der Waals surface area contributed by atoms with Crippen LogP contribution in [-0.2, 0) is 12.8 Å². The molecular weight excluding hydrogens is 543 g/mol. The van der Waals surface area contributed by atoms with Crippen LogP contribution in [0, 0.1) is 14.9 Å². The monoisotopic (exact) mass is 572 g/mol. The number of rotatable bonds is 5. The number of benzene rings is 2. The van der Waals surface area contributed by atoms with E-state index in [-0.39, 0.29) is 11.3 Å². The smallest absolute Gasteiger partial charge is 0.259 e. The third kappa shape index (κ3) is 5.49. The van der Waals surface area contributed by atoms with Crippen molar-refractivity contribution in [2.75, 3.05) is 12.4 Å². The molecule has 1 aromatic heterocycles. The first kappa shape index (κ1) is 24.0. The van der Waals surface area contributed by atoms with Crippen molar-refractivity contribution < 1.29 is 9.53 Å². The predicted octanol–water partition coefficient (Wildman–Crippen LogP) is 7.52. The fourth-order valence-corrected chi connectivity index (χ4v) is 6.28. The van der Waals surface area contributed by atoms with Gasteiger partial charge in [-0.3, -0.25) is 4.79 Å². The molecule has 2 aromatic carbocycles. The van der Waals surface area contributed by atoms with Crippen molar-refractivity contribution >= 4 is 56.7 Å². The van der Waals surface area contributed by atoms with Gasteiger partial charge in [-0.15, -0.1) is 11.3 Å². The lowest BCUT2D eigenvalue weighted by molar-refractivity contribution is 0.102. The molecule has 1 amide bonds. The van der Waals surface area contributed by atoms with E-state index in [1.807, 2.05) is 54.7 Å². The maximum atomic E-state index is 13.4. The summed E-state index contributed by atoms with van der Waals surface area (Å²) in [5, 5.41) is 3.86. The minimum Gasteiger partial charge on any atom is -0.496 e. The van der Waals surface area contributed by atoms with E-state index in [0.717, 1.165) is 50.4 Å². The summed E-state index contributed by atoms with van der Waals surface area (Å²) in [6.45, 7) is 6.93. The summed E-state index contributed by atoms with van der Waals surface area (Å²) >= 11 is 3.93. The molecule has 33 heavy (non-hydrogen) atoms. The van der Waals surface area contributed by atoms with E-state index in [4.69, 9.17) is 9.73 Å². The van der Waals surface area contributed by atoms with Crippen LogP contribution in [0.4, 0.5) is 10.7 Å². The Bertz CT molecular complexity index is 1180. The summed E-state index contributed by atoms with van der Waals surface area (Å²) in [7, 11) is 1.67. The average molecular weight is 573 g/mol. The van der Waals surface area contributed by atoms with Crippen LogP contribution < -0.4 is 10.1 Å². The Balaban J connectivity index is 1.70. The number of nitrogens with one attached hydrogen (secondary N) is 1. The van der Waals surface area contributed by atoms with E-state index in [0.29, 0.717) is 5.92 Å². The first-order valence-electron chi connectivity index (χ1n) is 11.1. The number of halogens is 1. The second kappa shape index (κ2) is 9.97. The van der Waals surface area contributed by atoms with Gasteiger partial charge in [-0.2, -0.15) is 0 Å². The molecule has 0 unspecified atom stereocenters. The number of carbonyl (C=O) groups excluding carboxylic acids is 1. The molecule has 4 rings (SSSR count). The number of anilines is 1. The van der Waals surface area contributed by atoms with E-state index in [9.17, 15) is 4.79 Å². The topological polar surface area (TPSA) is 50.7 Å². The highest BCUT2D eigenvalue weighted by molar-refractivity contribution is 14.1. The highest BCUT2D eigenvalue weighted by Crippen LogP contribution is 2.45. The van der Waals surface area contributed by atoms with Gasteiger partial charge in [0.1, 0.15) is 10.8 Å². The van der Waals surface area contributed by atoms with Gasteiger partial charge < -0.3 is 10.1 Å². The van der Waals surface area contributed by atoms with Crippen LogP contribution in [0.2, 0.25) is 0 Å². The van der Waals surface area contributed by atoms with Gasteiger partial charge in [0.05, 0.1) is 16.2 Å². The van der Waals surface area contributed by atoms with Gasteiger partial charge in [-0.1, -0.05) is 39.0 Å². The summed E-state index contributed by atoms with van der Waals surface area (Å²) in [6.07, 6.45) is 4.87. The van der Waals surface area contributed by atoms with Gasteiger partial charge in [0.15, 0.2) is 0 Å². The van der Waals surface area contributed by atoms with Crippen molar-refractivity contribution in [3.63, 3.8) is 0 Å². The fourth-order valence-electron chi connectivity index (χ4n) is 4.25. The zero-order valence-electron chi connectivity index (χ0n) is 19.4. The summed E-state index contributed by atoms with van der Waals surface area (Å²) in [5.41, 5.74) is 3.92. The van der Waals surface area contributed by atoms with Gasteiger partial charge >= 0.3 is 0 Å². The molecule has 0 fully saturated rings. The van der Waals surface area contributed by atoms with Crippen LogP contribution in [0.3, 0.4) is 0 Å². The first-order chi connectivity index (χ1) is 15.8. The van der Waals surface area contributed by atoms with Crippen LogP contribution in [0.25, 0.3) is 0 Å². The maximum absolute atomic E-state index is 13.4. The molecule has 1 atom stereocenters. The van der Waals surface area contributed by atoms with Crippen molar-refractivity contribution in [2.24, 2.45) is 16.3 Å². The van der Waals surface area contributed by atoms with Crippen molar-refractivity contribution in [3.05, 3.63) is 73.7 Å². The van der Waals surface area contributed by atoms with Gasteiger partial charge in [-0.05, 0) is 94.6 Å². The number of para-hydroxylation sites is 1. The van der Waals surface area contributed by atoms with Crippen molar-refractivity contribution in [1.82, 2.24) is 0 Å². The number of thiophene rings is 1. The molecule has 0 saturated heterocycles. The highest BCUT2D eigenvalue weighted by Gasteiger charge is 2.33. The summed E-state index contributed by atoms with van der Waals surface area (Å²) in [4.78, 5) is 19.5. The van der Waals surface area contributed by atoms with E-state index < -0.39 is 0 Å². The minimum absolute atomic E-state index is 0.0793. The molecule has 1 heterocycles. The van der Waals surface area contributed by atoms with Crippen molar-refractivity contribution in [3.8, 4) is 5.75 Å². The number of amides is 1. The van der Waals surface area contributed by atoms with Gasteiger partial charge in [-0.25, -0.2) is 4.99 Å². The number of methoxy groups -OCH3 is 1. The number of fused-ring (bicyclic) bond motifs is 1. The Morgan fingerprint density at radius 3 is 2.64 bits per heavy atom. The Labute approximate surface area is 213 Å². The van der Waals surface area contributed by atoms with Crippen molar-refractivity contribution in [2.45, 2.75) is 40.0 Å². The summed E-state index contributed by atoms with van der Waals surface area (Å²) < 4.78 is 6.39. The molecule has 1 aliphatic carbocycles. The molecule has 0 aliphatic heterocycles. The zero-order valence-corrected chi connectivity index (χ0v) is 22.4. The predicted molar refractivity (Wildman–Crippen MR) is 147 cm³/mol.